The van der Waals surface area contributed by atoms with E-state index in [-0.39, 0.29) is 5.82 Å². The Morgan fingerprint density at radius 2 is 1.83 bits per heavy atom. The summed E-state index contributed by atoms with van der Waals surface area (Å²) >= 11 is 6.43. The SMILES string of the molecule is Cc1nn(-c2ccc(F)cc2)c(Cl)c1/C=N\N1CCN(C)CC1. The highest BCUT2D eigenvalue weighted by Crippen LogP contribution is 2.22. The summed E-state index contributed by atoms with van der Waals surface area (Å²) in [7, 11) is 2.11. The van der Waals surface area contributed by atoms with Gasteiger partial charge in [-0.3, -0.25) is 5.01 Å². The molecule has 7 heteroatoms. The lowest BCUT2D eigenvalue weighted by Crippen LogP contribution is -2.41. The first-order valence-corrected chi connectivity index (χ1v) is 7.91. The van der Waals surface area contributed by atoms with E-state index in [2.05, 4.69) is 22.1 Å². The maximum atomic E-state index is 13.0. The van der Waals surface area contributed by atoms with Gasteiger partial charge in [-0.25, -0.2) is 9.07 Å². The van der Waals surface area contributed by atoms with E-state index < -0.39 is 0 Å². The smallest absolute Gasteiger partial charge is 0.142 e. The minimum Gasteiger partial charge on any atom is -0.303 e. The van der Waals surface area contributed by atoms with Crippen molar-refractivity contribution in [2.45, 2.75) is 6.92 Å². The Morgan fingerprint density at radius 1 is 1.17 bits per heavy atom. The first kappa shape index (κ1) is 16.0. The van der Waals surface area contributed by atoms with Crippen molar-refractivity contribution >= 4 is 17.8 Å². The van der Waals surface area contributed by atoms with Crippen LogP contribution in [0, 0.1) is 12.7 Å². The molecular weight excluding hydrogens is 317 g/mol. The Labute approximate surface area is 139 Å². The van der Waals surface area contributed by atoms with E-state index in [4.69, 9.17) is 11.6 Å². The van der Waals surface area contributed by atoms with E-state index in [0.717, 1.165) is 43.1 Å². The Balaban J connectivity index is 1.82. The normalized spacial score (nSPS) is 16.4. The van der Waals surface area contributed by atoms with E-state index in [9.17, 15) is 4.39 Å². The van der Waals surface area contributed by atoms with Crippen LogP contribution in [0.2, 0.25) is 5.15 Å². The molecule has 122 valence electrons. The lowest BCUT2D eigenvalue weighted by Gasteiger charge is -2.30. The number of halogens is 2. The molecule has 0 saturated carbocycles. The molecule has 0 spiro atoms. The zero-order valence-corrected chi connectivity index (χ0v) is 14.0. The van der Waals surface area contributed by atoms with Gasteiger partial charge in [0.05, 0.1) is 23.2 Å². The number of benzene rings is 1. The van der Waals surface area contributed by atoms with Crippen molar-refractivity contribution in [1.82, 2.24) is 19.7 Å². The summed E-state index contributed by atoms with van der Waals surface area (Å²) in [6.45, 7) is 5.68. The van der Waals surface area contributed by atoms with Crippen molar-refractivity contribution in [2.24, 2.45) is 5.10 Å². The van der Waals surface area contributed by atoms with Crippen LogP contribution in [-0.4, -0.2) is 59.1 Å². The number of likely N-dealkylation sites (N-methyl/N-ethyl adjacent to an activating group) is 1. The van der Waals surface area contributed by atoms with E-state index in [0.29, 0.717) is 5.15 Å². The van der Waals surface area contributed by atoms with Gasteiger partial charge in [0.25, 0.3) is 0 Å². The first-order chi connectivity index (χ1) is 11.0. The molecule has 0 radical (unpaired) electrons. The fourth-order valence-electron chi connectivity index (χ4n) is 2.46. The Morgan fingerprint density at radius 3 is 2.48 bits per heavy atom. The summed E-state index contributed by atoms with van der Waals surface area (Å²) in [6, 6.07) is 6.07. The molecule has 1 aromatic heterocycles. The highest BCUT2D eigenvalue weighted by Gasteiger charge is 2.15. The van der Waals surface area contributed by atoms with Crippen LogP contribution in [0.25, 0.3) is 5.69 Å². The number of hydrogen-bond acceptors (Lipinski definition) is 4. The highest BCUT2D eigenvalue weighted by atomic mass is 35.5. The van der Waals surface area contributed by atoms with E-state index >= 15 is 0 Å². The molecule has 2 aromatic rings. The molecule has 5 nitrogen and oxygen atoms in total. The summed E-state index contributed by atoms with van der Waals surface area (Å²) < 4.78 is 14.6. The highest BCUT2D eigenvalue weighted by molar-refractivity contribution is 6.32. The molecule has 0 atom stereocenters. The molecular formula is C16H19ClFN5. The van der Waals surface area contributed by atoms with Crippen molar-refractivity contribution in [3.05, 3.63) is 46.5 Å². The van der Waals surface area contributed by atoms with Gasteiger partial charge in [-0.2, -0.15) is 10.2 Å². The predicted octanol–water partition coefficient (Wildman–Crippen LogP) is 2.55. The van der Waals surface area contributed by atoms with Gasteiger partial charge >= 0.3 is 0 Å². The number of rotatable bonds is 3. The molecule has 2 heterocycles. The average Bonchev–Trinajstić information content (AvgIpc) is 2.82. The van der Waals surface area contributed by atoms with Gasteiger partial charge in [0.2, 0.25) is 0 Å². The third-order valence-electron chi connectivity index (χ3n) is 3.95. The summed E-state index contributed by atoms with van der Waals surface area (Å²) in [6.07, 6.45) is 1.76. The van der Waals surface area contributed by atoms with Crippen molar-refractivity contribution in [1.29, 1.82) is 0 Å². The van der Waals surface area contributed by atoms with Crippen LogP contribution in [-0.2, 0) is 0 Å². The van der Waals surface area contributed by atoms with Gasteiger partial charge in [0.1, 0.15) is 11.0 Å². The molecule has 0 unspecified atom stereocenters. The number of nitrogens with zero attached hydrogens (tertiary/aromatic N) is 5. The average molecular weight is 336 g/mol. The van der Waals surface area contributed by atoms with E-state index in [1.165, 1.54) is 12.1 Å². The van der Waals surface area contributed by atoms with Crippen molar-refractivity contribution in [2.75, 3.05) is 33.2 Å². The van der Waals surface area contributed by atoms with E-state index in [1.54, 1.807) is 23.0 Å². The lowest BCUT2D eigenvalue weighted by atomic mass is 10.3. The van der Waals surface area contributed by atoms with Gasteiger partial charge in [0.15, 0.2) is 0 Å². The Hall–Kier alpha value is -1.92. The van der Waals surface area contributed by atoms with Crippen LogP contribution in [0.3, 0.4) is 0 Å². The molecule has 0 bridgehead atoms. The number of aryl methyl sites for hydroxylation is 1. The van der Waals surface area contributed by atoms with Crippen LogP contribution >= 0.6 is 11.6 Å². The van der Waals surface area contributed by atoms with Crippen LogP contribution in [0.15, 0.2) is 29.4 Å². The molecule has 0 amide bonds. The summed E-state index contributed by atoms with van der Waals surface area (Å²) in [5, 5.41) is 11.5. The molecule has 1 aliphatic rings. The summed E-state index contributed by atoms with van der Waals surface area (Å²) in [5.74, 6) is -0.286. The molecule has 1 aromatic carbocycles. The maximum absolute atomic E-state index is 13.0. The van der Waals surface area contributed by atoms with Gasteiger partial charge in [-0.1, -0.05) is 11.6 Å². The predicted molar refractivity (Wildman–Crippen MR) is 89.9 cm³/mol. The lowest BCUT2D eigenvalue weighted by molar-refractivity contribution is 0.159. The van der Waals surface area contributed by atoms with Crippen LogP contribution in [0.5, 0.6) is 0 Å². The standard InChI is InChI=1S/C16H19ClFN5/c1-12-15(11-19-22-9-7-21(2)8-10-22)16(17)23(20-12)14-5-3-13(18)4-6-14/h3-6,11H,7-10H2,1-2H3/b19-11-. The molecule has 23 heavy (non-hydrogen) atoms. The number of piperazine rings is 1. The fourth-order valence-corrected chi connectivity index (χ4v) is 2.78. The summed E-state index contributed by atoms with van der Waals surface area (Å²) in [4.78, 5) is 2.27. The quantitative estimate of drug-likeness (QED) is 0.809. The largest absolute Gasteiger partial charge is 0.303 e. The maximum Gasteiger partial charge on any atom is 0.142 e. The van der Waals surface area contributed by atoms with Gasteiger partial charge in [-0.15, -0.1) is 0 Å². The van der Waals surface area contributed by atoms with Crippen molar-refractivity contribution in [3.63, 3.8) is 0 Å². The molecule has 0 aliphatic carbocycles. The van der Waals surface area contributed by atoms with Crippen molar-refractivity contribution in [3.8, 4) is 5.69 Å². The fraction of sp³-hybridized carbons (Fsp3) is 0.375. The minimum absolute atomic E-state index is 0.286. The summed E-state index contributed by atoms with van der Waals surface area (Å²) in [5.41, 5.74) is 2.30. The van der Waals surface area contributed by atoms with Gasteiger partial charge in [-0.05, 0) is 38.2 Å². The molecule has 1 saturated heterocycles. The monoisotopic (exact) mass is 335 g/mol. The topological polar surface area (TPSA) is 36.7 Å². The molecule has 3 rings (SSSR count). The number of hydrazone groups is 1. The zero-order chi connectivity index (χ0) is 16.4. The third kappa shape index (κ3) is 3.54. The Kier molecular flexibility index (Phi) is 4.63. The number of hydrogen-bond donors (Lipinski definition) is 0. The third-order valence-corrected chi connectivity index (χ3v) is 4.31. The Bertz CT molecular complexity index is 702. The zero-order valence-electron chi connectivity index (χ0n) is 13.2. The van der Waals surface area contributed by atoms with Crippen LogP contribution < -0.4 is 0 Å². The molecule has 0 N–H and O–H groups in total. The molecule has 1 aliphatic heterocycles. The van der Waals surface area contributed by atoms with Crippen LogP contribution in [0.1, 0.15) is 11.3 Å². The van der Waals surface area contributed by atoms with Crippen molar-refractivity contribution < 1.29 is 4.39 Å². The molecule has 1 fully saturated rings. The second-order valence-electron chi connectivity index (χ2n) is 5.68. The van der Waals surface area contributed by atoms with Gasteiger partial charge in [0, 0.05) is 26.2 Å². The first-order valence-electron chi connectivity index (χ1n) is 7.53. The second-order valence-corrected chi connectivity index (χ2v) is 6.04. The second kappa shape index (κ2) is 6.68. The van der Waals surface area contributed by atoms with Gasteiger partial charge < -0.3 is 4.90 Å². The van der Waals surface area contributed by atoms with E-state index in [1.807, 2.05) is 11.9 Å². The van der Waals surface area contributed by atoms with Crippen LogP contribution in [0.4, 0.5) is 4.39 Å². The number of aromatic nitrogens is 2. The minimum atomic E-state index is -0.286.